The Hall–Kier alpha value is -1.91. The van der Waals surface area contributed by atoms with E-state index < -0.39 is 78.5 Å². The van der Waals surface area contributed by atoms with Crippen molar-refractivity contribution in [3.63, 3.8) is 0 Å². The number of alkyl halides is 2. The van der Waals surface area contributed by atoms with Crippen molar-refractivity contribution in [2.45, 2.75) is 70.3 Å². The van der Waals surface area contributed by atoms with E-state index in [0.717, 1.165) is 17.8 Å². The molecular formula is C23H33ClF2N3O10PS. The van der Waals surface area contributed by atoms with E-state index in [2.05, 4.69) is 11.7 Å². The van der Waals surface area contributed by atoms with Gasteiger partial charge in [0.1, 0.15) is 18.2 Å². The van der Waals surface area contributed by atoms with E-state index in [-0.39, 0.29) is 17.5 Å². The van der Waals surface area contributed by atoms with E-state index >= 15 is 4.39 Å². The highest BCUT2D eigenvalue weighted by molar-refractivity contribution is 8.13. The molecule has 41 heavy (non-hydrogen) atoms. The number of rotatable bonds is 13. The molecule has 0 radical (unpaired) electrons. The highest BCUT2D eigenvalue weighted by Crippen LogP contribution is 2.48. The van der Waals surface area contributed by atoms with Crippen molar-refractivity contribution in [3.8, 4) is 0 Å². The monoisotopic (exact) mass is 647 g/mol. The van der Waals surface area contributed by atoms with Gasteiger partial charge in [-0.2, -0.15) is 4.39 Å². The van der Waals surface area contributed by atoms with Crippen molar-refractivity contribution in [2.24, 2.45) is 5.41 Å². The van der Waals surface area contributed by atoms with Gasteiger partial charge in [0.05, 0.1) is 25.5 Å². The molecule has 1 unspecified atom stereocenters. The summed E-state index contributed by atoms with van der Waals surface area (Å²) in [6.45, 7) is 10.6. The maximum atomic E-state index is 15.3. The fourth-order valence-electron chi connectivity index (χ4n) is 3.21. The van der Waals surface area contributed by atoms with Gasteiger partial charge in [0.15, 0.2) is 11.3 Å². The van der Waals surface area contributed by atoms with E-state index in [9.17, 15) is 33.2 Å². The third-order valence-corrected chi connectivity index (χ3v) is 8.56. The molecule has 0 aliphatic carbocycles. The molecule has 0 saturated carbocycles. The number of H-pyrrole nitrogens is 1. The first kappa shape index (κ1) is 35.3. The molecule has 6 atom stereocenters. The van der Waals surface area contributed by atoms with Crippen LogP contribution in [0.5, 0.6) is 0 Å². The van der Waals surface area contributed by atoms with Crippen LogP contribution in [0.15, 0.2) is 28.4 Å². The van der Waals surface area contributed by atoms with Gasteiger partial charge in [0, 0.05) is 11.2 Å². The summed E-state index contributed by atoms with van der Waals surface area (Å²) in [6.07, 6.45) is -5.17. The number of aliphatic hydroxyl groups is 1. The Bertz CT molecular complexity index is 1290. The zero-order chi connectivity index (χ0) is 31.3. The average Bonchev–Trinajstić information content (AvgIpc) is 3.08. The lowest BCUT2D eigenvalue weighted by atomic mass is 10.00. The minimum Gasteiger partial charge on any atom is -0.462 e. The predicted molar refractivity (Wildman–Crippen MR) is 146 cm³/mol. The second kappa shape index (κ2) is 14.0. The summed E-state index contributed by atoms with van der Waals surface area (Å²) in [7, 11) is -4.51. The van der Waals surface area contributed by atoms with Gasteiger partial charge < -0.3 is 14.6 Å². The average molecular weight is 648 g/mol. The van der Waals surface area contributed by atoms with E-state index in [4.69, 9.17) is 30.1 Å². The summed E-state index contributed by atoms with van der Waals surface area (Å²) in [5.74, 6) is -2.29. The summed E-state index contributed by atoms with van der Waals surface area (Å²) in [5.41, 5.74) is -3.31. The van der Waals surface area contributed by atoms with Gasteiger partial charge in [0.25, 0.3) is 10.7 Å². The normalized spacial score (nSPS) is 25.1. The number of aromatic amines is 1. The second-order valence-electron chi connectivity index (χ2n) is 10.1. The van der Waals surface area contributed by atoms with E-state index in [1.54, 1.807) is 39.6 Å². The summed E-state index contributed by atoms with van der Waals surface area (Å²) in [6, 6.07) is -1.40. The van der Waals surface area contributed by atoms with Crippen molar-refractivity contribution in [3.05, 3.63) is 45.5 Å². The van der Waals surface area contributed by atoms with Gasteiger partial charge >= 0.3 is 19.4 Å². The van der Waals surface area contributed by atoms with Crippen molar-refractivity contribution in [1.82, 2.24) is 14.6 Å². The quantitative estimate of drug-likeness (QED) is 0.0939. The van der Waals surface area contributed by atoms with Crippen molar-refractivity contribution in [1.29, 1.82) is 0 Å². The standard InChI is InChI=1S/C23H33ClF2N3O10PS/c1-7-14(18(32)38-12(2)3)28-40(35,36-8-9-41-20(33)22(4,5)6)37-11-15-16(30)23(24,26)19(39-15)29-10-13(25)17(31)27-21(29)34/h7,10,12,14-16,19,30H,1,8-9,11H2,2-6H3,(H,28,35)(H,27,31,34)/t14-,15+,16+,19+,23+,40?/m0/s1. The molecule has 1 saturated heterocycles. The van der Waals surface area contributed by atoms with E-state index in [0.29, 0.717) is 10.8 Å². The summed E-state index contributed by atoms with van der Waals surface area (Å²) >= 11 is 6.70. The molecule has 0 spiro atoms. The number of thioether (sulfide) groups is 1. The maximum Gasteiger partial charge on any atom is 0.406 e. The fourth-order valence-corrected chi connectivity index (χ4v) is 5.87. The molecule has 13 nitrogen and oxygen atoms in total. The molecular weight excluding hydrogens is 615 g/mol. The minimum absolute atomic E-state index is 0.0426. The number of esters is 1. The highest BCUT2D eigenvalue weighted by atomic mass is 35.5. The summed E-state index contributed by atoms with van der Waals surface area (Å²) in [5, 5.41) is 9.40. The van der Waals surface area contributed by atoms with Gasteiger partial charge in [-0.25, -0.2) is 23.6 Å². The maximum absolute atomic E-state index is 15.3. The van der Waals surface area contributed by atoms with Crippen molar-refractivity contribution >= 4 is 42.2 Å². The number of aromatic nitrogens is 2. The van der Waals surface area contributed by atoms with Crippen LogP contribution in [0.4, 0.5) is 8.78 Å². The number of carbonyl (C=O) groups is 2. The zero-order valence-corrected chi connectivity index (χ0v) is 25.4. The van der Waals surface area contributed by atoms with Crippen LogP contribution in [-0.4, -0.2) is 74.2 Å². The number of carbonyl (C=O) groups excluding carboxylic acids is 2. The molecule has 3 N–H and O–H groups in total. The lowest BCUT2D eigenvalue weighted by Crippen LogP contribution is -2.42. The Labute approximate surface area is 243 Å². The first-order valence-corrected chi connectivity index (χ1v) is 15.1. The Kier molecular flexibility index (Phi) is 12.1. The van der Waals surface area contributed by atoms with E-state index in [1.165, 1.54) is 0 Å². The number of hydrogen-bond donors (Lipinski definition) is 3. The first-order chi connectivity index (χ1) is 18.8. The molecule has 0 bridgehead atoms. The van der Waals surface area contributed by atoms with Crippen LogP contribution in [0.3, 0.4) is 0 Å². The van der Waals surface area contributed by atoms with Crippen molar-refractivity contribution in [2.75, 3.05) is 19.0 Å². The number of nitrogens with zero attached hydrogens (tertiary/aromatic N) is 1. The van der Waals surface area contributed by atoms with Crippen LogP contribution < -0.4 is 16.3 Å². The fraction of sp³-hybridized carbons (Fsp3) is 0.652. The van der Waals surface area contributed by atoms with Crippen LogP contribution in [0, 0.1) is 11.2 Å². The van der Waals surface area contributed by atoms with Crippen LogP contribution in [0.2, 0.25) is 0 Å². The molecule has 1 aliphatic rings. The third kappa shape index (κ3) is 9.29. The number of ether oxygens (including phenoxy) is 2. The van der Waals surface area contributed by atoms with Crippen molar-refractivity contribution < 1.29 is 46.6 Å². The lowest BCUT2D eigenvalue weighted by Gasteiger charge is -2.25. The minimum atomic E-state index is -4.51. The molecule has 18 heteroatoms. The molecule has 1 fully saturated rings. The molecule has 2 heterocycles. The van der Waals surface area contributed by atoms with Gasteiger partial charge in [-0.05, 0) is 13.8 Å². The van der Waals surface area contributed by atoms with Gasteiger partial charge in [-0.1, -0.05) is 50.2 Å². The molecule has 0 amide bonds. The smallest absolute Gasteiger partial charge is 0.406 e. The summed E-state index contributed by atoms with van der Waals surface area (Å²) in [4.78, 5) is 49.6. The first-order valence-electron chi connectivity index (χ1n) is 12.2. The van der Waals surface area contributed by atoms with Gasteiger partial charge in [-0.15, -0.1) is 6.58 Å². The van der Waals surface area contributed by atoms with Gasteiger partial charge in [0.2, 0.25) is 5.82 Å². The largest absolute Gasteiger partial charge is 0.462 e. The molecule has 0 aromatic carbocycles. The molecule has 2 rings (SSSR count). The number of aliphatic hydroxyl groups excluding tert-OH is 1. The SMILES string of the molecule is C=C[C@H](NP(=O)(OCCSC(=O)C(C)(C)C)OC[C@H]1O[C@@H](n2cc(F)c(=O)[nH]c2=O)[C@@](F)(Cl)[C@@H]1O)C(=O)OC(C)C. The van der Waals surface area contributed by atoms with Crippen LogP contribution >= 0.6 is 31.1 Å². The Morgan fingerprint density at radius 2 is 2.02 bits per heavy atom. The topological polar surface area (TPSA) is 175 Å². The summed E-state index contributed by atoms with van der Waals surface area (Å²) < 4.78 is 64.1. The van der Waals surface area contributed by atoms with Crippen LogP contribution in [0.1, 0.15) is 40.8 Å². The Morgan fingerprint density at radius 1 is 1.39 bits per heavy atom. The third-order valence-electron chi connectivity index (χ3n) is 5.29. The Balaban J connectivity index is 2.24. The molecule has 1 aromatic rings. The lowest BCUT2D eigenvalue weighted by molar-refractivity contribution is -0.148. The number of hydrogen-bond acceptors (Lipinski definition) is 11. The van der Waals surface area contributed by atoms with Gasteiger partial charge in [-0.3, -0.25) is 28.2 Å². The molecule has 232 valence electrons. The predicted octanol–water partition coefficient (Wildman–Crippen LogP) is 2.38. The number of nitrogens with one attached hydrogen (secondary N) is 2. The molecule has 1 aliphatic heterocycles. The highest BCUT2D eigenvalue weighted by Gasteiger charge is 2.58. The zero-order valence-electron chi connectivity index (χ0n) is 22.9. The Morgan fingerprint density at radius 3 is 2.59 bits per heavy atom. The second-order valence-corrected chi connectivity index (χ2v) is 13.5. The number of halogens is 3. The molecule has 1 aromatic heterocycles. The van der Waals surface area contributed by atoms with E-state index in [1.807, 2.05) is 0 Å². The van der Waals surface area contributed by atoms with Crippen LogP contribution in [0.25, 0.3) is 0 Å². The van der Waals surface area contributed by atoms with Crippen LogP contribution in [-0.2, 0) is 32.7 Å².